The van der Waals surface area contributed by atoms with E-state index in [0.29, 0.717) is 18.0 Å². The van der Waals surface area contributed by atoms with Crippen molar-refractivity contribution in [1.29, 1.82) is 0 Å². The molecule has 2 heterocycles. The molecule has 100 valence electrons. The van der Waals surface area contributed by atoms with E-state index in [1.807, 2.05) is 4.90 Å². The van der Waals surface area contributed by atoms with Crippen LogP contribution in [-0.2, 0) is 9.53 Å². The zero-order valence-corrected chi connectivity index (χ0v) is 11.5. The maximum atomic E-state index is 12.3. The number of nitrogens with one attached hydrogen (secondary N) is 1. The number of ether oxygens (including phenoxy) is 1. The summed E-state index contributed by atoms with van der Waals surface area (Å²) in [6, 6.07) is 0.820. The Labute approximate surface area is 109 Å². The molecule has 2 rings (SSSR count). The van der Waals surface area contributed by atoms with Crippen LogP contribution < -0.4 is 5.32 Å². The van der Waals surface area contributed by atoms with Gasteiger partial charge in [0.25, 0.3) is 0 Å². The van der Waals surface area contributed by atoms with Crippen molar-refractivity contribution in [2.75, 3.05) is 26.3 Å². The maximum absolute atomic E-state index is 12.3. The van der Waals surface area contributed by atoms with Crippen molar-refractivity contribution >= 4 is 18.3 Å². The molecule has 17 heavy (non-hydrogen) atoms. The van der Waals surface area contributed by atoms with Gasteiger partial charge < -0.3 is 15.0 Å². The van der Waals surface area contributed by atoms with Crippen molar-refractivity contribution in [3.63, 3.8) is 0 Å². The lowest BCUT2D eigenvalue weighted by molar-refractivity contribution is -0.140. The van der Waals surface area contributed by atoms with Gasteiger partial charge in [-0.2, -0.15) is 0 Å². The second-order valence-corrected chi connectivity index (χ2v) is 5.10. The topological polar surface area (TPSA) is 41.6 Å². The first-order chi connectivity index (χ1) is 7.66. The minimum Gasteiger partial charge on any atom is -0.381 e. The second kappa shape index (κ2) is 6.57. The molecular weight excluding hydrogens is 240 g/mol. The zero-order chi connectivity index (χ0) is 11.5. The summed E-state index contributed by atoms with van der Waals surface area (Å²) < 4.78 is 5.30. The number of rotatable bonds is 1. The summed E-state index contributed by atoms with van der Waals surface area (Å²) in [4.78, 5) is 14.3. The fourth-order valence-corrected chi connectivity index (χ4v) is 2.71. The molecule has 0 bridgehead atoms. The molecule has 5 heteroatoms. The molecule has 2 atom stereocenters. The highest BCUT2D eigenvalue weighted by atomic mass is 35.5. The van der Waals surface area contributed by atoms with Crippen molar-refractivity contribution in [2.24, 2.45) is 5.92 Å². The van der Waals surface area contributed by atoms with Crippen LogP contribution in [0.4, 0.5) is 0 Å². The molecule has 0 aromatic heterocycles. The van der Waals surface area contributed by atoms with E-state index in [0.717, 1.165) is 39.1 Å². The summed E-state index contributed by atoms with van der Waals surface area (Å²) in [5.74, 6) is 0.537. The number of halogens is 1. The van der Waals surface area contributed by atoms with Crippen LogP contribution in [0.1, 0.15) is 26.7 Å². The Morgan fingerprint density at radius 3 is 2.24 bits per heavy atom. The highest BCUT2D eigenvalue weighted by Crippen LogP contribution is 2.19. The summed E-state index contributed by atoms with van der Waals surface area (Å²) in [6.45, 7) is 7.46. The quantitative estimate of drug-likeness (QED) is 0.768. The number of hydrogen-bond acceptors (Lipinski definition) is 3. The number of amides is 1. The Hall–Kier alpha value is -0.320. The smallest absolute Gasteiger partial charge is 0.225 e. The highest BCUT2D eigenvalue weighted by Gasteiger charge is 2.30. The van der Waals surface area contributed by atoms with Crippen LogP contribution in [0.15, 0.2) is 0 Å². The first-order valence-corrected chi connectivity index (χ1v) is 6.29. The Kier molecular flexibility index (Phi) is 5.70. The molecule has 0 aromatic carbocycles. The van der Waals surface area contributed by atoms with E-state index in [2.05, 4.69) is 19.2 Å². The number of carbonyl (C=O) groups is 1. The summed E-state index contributed by atoms with van der Waals surface area (Å²) in [6.07, 6.45) is 1.79. The lowest BCUT2D eigenvalue weighted by atomic mass is 9.97. The largest absolute Gasteiger partial charge is 0.381 e. The number of hydrogen-bond donors (Lipinski definition) is 1. The van der Waals surface area contributed by atoms with Crippen molar-refractivity contribution in [1.82, 2.24) is 10.2 Å². The summed E-state index contributed by atoms with van der Waals surface area (Å²) in [5, 5.41) is 3.45. The second-order valence-electron chi connectivity index (χ2n) is 5.10. The number of piperazine rings is 1. The maximum Gasteiger partial charge on any atom is 0.225 e. The molecule has 2 unspecified atom stereocenters. The van der Waals surface area contributed by atoms with Gasteiger partial charge in [0.15, 0.2) is 0 Å². The minimum atomic E-state index is 0. The van der Waals surface area contributed by atoms with E-state index in [1.165, 1.54) is 0 Å². The normalized spacial score (nSPS) is 30.8. The van der Waals surface area contributed by atoms with Gasteiger partial charge in [-0.05, 0) is 26.7 Å². The molecule has 0 aromatic rings. The van der Waals surface area contributed by atoms with Gasteiger partial charge in [-0.15, -0.1) is 12.4 Å². The van der Waals surface area contributed by atoms with Gasteiger partial charge >= 0.3 is 0 Å². The summed E-state index contributed by atoms with van der Waals surface area (Å²) in [5.41, 5.74) is 0. The molecule has 1 amide bonds. The van der Waals surface area contributed by atoms with E-state index < -0.39 is 0 Å². The first-order valence-electron chi connectivity index (χ1n) is 6.29. The molecule has 0 radical (unpaired) electrons. The Morgan fingerprint density at radius 1 is 1.18 bits per heavy atom. The van der Waals surface area contributed by atoms with Crippen LogP contribution in [0.3, 0.4) is 0 Å². The van der Waals surface area contributed by atoms with Crippen molar-refractivity contribution in [3.05, 3.63) is 0 Å². The monoisotopic (exact) mass is 262 g/mol. The van der Waals surface area contributed by atoms with E-state index in [1.54, 1.807) is 0 Å². The first kappa shape index (κ1) is 14.7. The highest BCUT2D eigenvalue weighted by molar-refractivity contribution is 5.85. The average Bonchev–Trinajstić information content (AvgIpc) is 2.28. The van der Waals surface area contributed by atoms with Crippen molar-refractivity contribution < 1.29 is 9.53 Å². The fourth-order valence-electron chi connectivity index (χ4n) is 2.71. The SMILES string of the molecule is CC1CN(C(=O)C2CCOCC2)CC(C)N1.Cl. The third-order valence-electron chi connectivity index (χ3n) is 3.44. The van der Waals surface area contributed by atoms with Crippen LogP contribution in [0.2, 0.25) is 0 Å². The van der Waals surface area contributed by atoms with E-state index in [4.69, 9.17) is 4.74 Å². The molecule has 0 aliphatic carbocycles. The molecule has 2 aliphatic rings. The fraction of sp³-hybridized carbons (Fsp3) is 0.917. The van der Waals surface area contributed by atoms with Crippen LogP contribution in [-0.4, -0.2) is 49.2 Å². The molecular formula is C12H23ClN2O2. The average molecular weight is 263 g/mol. The zero-order valence-electron chi connectivity index (χ0n) is 10.6. The van der Waals surface area contributed by atoms with Gasteiger partial charge in [0.2, 0.25) is 5.91 Å². The molecule has 0 saturated carbocycles. The Balaban J connectivity index is 0.00000144. The van der Waals surface area contributed by atoms with Gasteiger partial charge in [-0.1, -0.05) is 0 Å². The van der Waals surface area contributed by atoms with Crippen LogP contribution in [0.5, 0.6) is 0 Å². The molecule has 4 nitrogen and oxygen atoms in total. The van der Waals surface area contributed by atoms with E-state index in [9.17, 15) is 4.79 Å². The Bertz CT molecular complexity index is 247. The molecule has 2 aliphatic heterocycles. The van der Waals surface area contributed by atoms with E-state index >= 15 is 0 Å². The van der Waals surface area contributed by atoms with Crippen molar-refractivity contribution in [3.8, 4) is 0 Å². The predicted octanol–water partition coefficient (Wildman–Crippen LogP) is 1.04. The lowest BCUT2D eigenvalue weighted by Gasteiger charge is -2.38. The molecule has 0 spiro atoms. The summed E-state index contributed by atoms with van der Waals surface area (Å²) in [7, 11) is 0. The standard InChI is InChI=1S/C12H22N2O2.ClH/c1-9-7-14(8-10(2)13-9)12(15)11-3-5-16-6-4-11;/h9-11,13H,3-8H2,1-2H3;1H. The minimum absolute atomic E-state index is 0. The van der Waals surface area contributed by atoms with Gasteiger partial charge in [-0.3, -0.25) is 4.79 Å². The van der Waals surface area contributed by atoms with Crippen LogP contribution >= 0.6 is 12.4 Å². The molecule has 2 saturated heterocycles. The van der Waals surface area contributed by atoms with Gasteiger partial charge in [0.05, 0.1) is 0 Å². The number of carbonyl (C=O) groups excluding carboxylic acids is 1. The predicted molar refractivity (Wildman–Crippen MR) is 69.4 cm³/mol. The van der Waals surface area contributed by atoms with Gasteiger partial charge in [0, 0.05) is 44.3 Å². The third kappa shape index (κ3) is 3.83. The van der Waals surface area contributed by atoms with Gasteiger partial charge in [-0.25, -0.2) is 0 Å². The Morgan fingerprint density at radius 2 is 1.71 bits per heavy atom. The third-order valence-corrected chi connectivity index (χ3v) is 3.44. The molecule has 2 fully saturated rings. The van der Waals surface area contributed by atoms with Crippen LogP contribution in [0.25, 0.3) is 0 Å². The molecule has 1 N–H and O–H groups in total. The van der Waals surface area contributed by atoms with Crippen molar-refractivity contribution in [2.45, 2.75) is 38.8 Å². The summed E-state index contributed by atoms with van der Waals surface area (Å²) >= 11 is 0. The van der Waals surface area contributed by atoms with Gasteiger partial charge in [0.1, 0.15) is 0 Å². The van der Waals surface area contributed by atoms with E-state index in [-0.39, 0.29) is 18.3 Å². The van der Waals surface area contributed by atoms with Crippen LogP contribution in [0, 0.1) is 5.92 Å². The lowest BCUT2D eigenvalue weighted by Crippen LogP contribution is -2.57. The number of nitrogens with zero attached hydrogens (tertiary/aromatic N) is 1.